The standard InChI is InChI=1S/3C38H24N4/c1-39-35-15-9-8-14-34(35)32-23-19-27-18-22-31(24-33(27)25-32)26-16-20-30(21-17-26)38-41-36(28-10-4-2-5-11-28)40-37(42-38)29-12-6-3-7-13-29;1-39-35-14-8-13-31(25-35)33-22-18-27-17-21-32(23-34(27)24-33)26-15-19-30(20-16-26)38-41-36(28-9-4-2-5-10-28)40-37(42-38)29-11-6-3-7-12-29;1-39-35-22-20-27(21-23-35)33-19-15-28-14-18-32(24-34(28)25-33)26-12-16-31(17-13-26)38-41-36(29-8-4-2-5-9-29)40-37(42-38)30-10-6-3-7-11-30/h3*2-25H. The van der Waals surface area contributed by atoms with Gasteiger partial charge >= 0.3 is 0 Å². The Balaban J connectivity index is 0.000000123. The van der Waals surface area contributed by atoms with Crippen LogP contribution in [0.5, 0.6) is 0 Å². The molecule has 0 aliphatic heterocycles. The fourth-order valence-electron chi connectivity index (χ4n) is 15.4. The normalized spacial score (nSPS) is 10.8. The lowest BCUT2D eigenvalue weighted by atomic mass is 9.96. The number of nitrogens with zero attached hydrogens (tertiary/aromatic N) is 12. The van der Waals surface area contributed by atoms with Gasteiger partial charge in [-0.3, -0.25) is 0 Å². The largest absolute Gasteiger partial charge is 0.238 e. The molecule has 0 spiro atoms. The molecule has 0 saturated heterocycles. The van der Waals surface area contributed by atoms with Gasteiger partial charge in [0, 0.05) is 50.1 Å². The number of hydrogen-bond acceptors (Lipinski definition) is 9. The van der Waals surface area contributed by atoms with Crippen LogP contribution in [0.2, 0.25) is 0 Å². The third-order valence-corrected chi connectivity index (χ3v) is 22.0. The average Bonchev–Trinajstić information content (AvgIpc) is 0.800. The predicted octanol–water partition coefficient (Wildman–Crippen LogP) is 29.7. The van der Waals surface area contributed by atoms with Gasteiger partial charge in [0.05, 0.1) is 19.7 Å². The maximum absolute atomic E-state index is 7.55. The van der Waals surface area contributed by atoms with E-state index >= 15 is 0 Å². The van der Waals surface area contributed by atoms with Crippen molar-refractivity contribution in [3.05, 3.63) is 471 Å². The first-order chi connectivity index (χ1) is 62.2. The first kappa shape index (κ1) is 78.1. The van der Waals surface area contributed by atoms with E-state index in [9.17, 15) is 0 Å². The van der Waals surface area contributed by atoms with Gasteiger partial charge in [-0.1, -0.05) is 394 Å². The highest BCUT2D eigenvalue weighted by atomic mass is 15.1. The molecule has 0 aliphatic carbocycles. The molecule has 0 saturated carbocycles. The average molecular weight is 1610 g/mol. The van der Waals surface area contributed by atoms with Gasteiger partial charge in [0.1, 0.15) is 0 Å². The predicted molar refractivity (Wildman–Crippen MR) is 512 cm³/mol. The molecule has 12 nitrogen and oxygen atoms in total. The molecule has 0 atom stereocenters. The summed E-state index contributed by atoms with van der Waals surface area (Å²) in [7, 11) is 0. The van der Waals surface area contributed by atoms with Crippen LogP contribution < -0.4 is 0 Å². The van der Waals surface area contributed by atoms with Crippen molar-refractivity contribution < 1.29 is 0 Å². The summed E-state index contributed by atoms with van der Waals surface area (Å²) in [5, 5.41) is 6.97. The summed E-state index contributed by atoms with van der Waals surface area (Å²) >= 11 is 0. The number of para-hydroxylation sites is 1. The summed E-state index contributed by atoms with van der Waals surface area (Å²) in [6, 6.07) is 147. The van der Waals surface area contributed by atoms with E-state index < -0.39 is 0 Å². The van der Waals surface area contributed by atoms with Gasteiger partial charge in [0.25, 0.3) is 0 Å². The van der Waals surface area contributed by atoms with Gasteiger partial charge in [0.2, 0.25) is 0 Å². The first-order valence-corrected chi connectivity index (χ1v) is 41.2. The van der Waals surface area contributed by atoms with Crippen LogP contribution >= 0.6 is 0 Å². The molecule has 12 heteroatoms. The minimum Gasteiger partial charge on any atom is -0.238 e. The van der Waals surface area contributed by atoms with Crippen LogP contribution in [-0.4, -0.2) is 44.9 Å². The Kier molecular flexibility index (Phi) is 22.3. The second-order valence-corrected chi connectivity index (χ2v) is 30.1. The van der Waals surface area contributed by atoms with Crippen LogP contribution in [0.15, 0.2) is 437 Å². The van der Waals surface area contributed by atoms with E-state index in [0.29, 0.717) is 69.5 Å². The number of aromatic nitrogens is 9. The van der Waals surface area contributed by atoms with Crippen LogP contribution in [0.1, 0.15) is 0 Å². The number of benzene rings is 18. The monoisotopic (exact) mass is 1610 g/mol. The third kappa shape index (κ3) is 17.5. The third-order valence-electron chi connectivity index (χ3n) is 22.0. The van der Waals surface area contributed by atoms with Crippen molar-refractivity contribution >= 4 is 49.4 Å². The molecule has 0 aliphatic rings. The summed E-state index contributed by atoms with van der Waals surface area (Å²) in [4.78, 5) is 54.3. The van der Waals surface area contributed by atoms with Gasteiger partial charge in [-0.15, -0.1) is 0 Å². The van der Waals surface area contributed by atoms with Gasteiger partial charge in [-0.25, -0.2) is 59.4 Å². The van der Waals surface area contributed by atoms with E-state index in [1.165, 1.54) is 16.2 Å². The van der Waals surface area contributed by atoms with Crippen molar-refractivity contribution in [2.75, 3.05) is 0 Å². The summed E-state index contributed by atoms with van der Waals surface area (Å²) < 4.78 is 0. The highest BCUT2D eigenvalue weighted by Gasteiger charge is 2.19. The Morgan fingerprint density at radius 2 is 0.341 bits per heavy atom. The van der Waals surface area contributed by atoms with Crippen molar-refractivity contribution in [2.45, 2.75) is 0 Å². The molecule has 0 unspecified atom stereocenters. The van der Waals surface area contributed by atoms with E-state index in [-0.39, 0.29) is 0 Å². The lowest BCUT2D eigenvalue weighted by molar-refractivity contribution is 1.07. The maximum Gasteiger partial charge on any atom is 0.194 e. The Labute approximate surface area is 729 Å². The zero-order chi connectivity index (χ0) is 84.9. The van der Waals surface area contributed by atoms with Crippen molar-refractivity contribution in [2.24, 2.45) is 0 Å². The topological polar surface area (TPSA) is 129 Å². The van der Waals surface area contributed by atoms with Crippen molar-refractivity contribution in [3.63, 3.8) is 0 Å². The molecule has 21 aromatic rings. The van der Waals surface area contributed by atoms with E-state index in [1.54, 1.807) is 0 Å². The minimum atomic E-state index is 0.635. The summed E-state index contributed by atoms with van der Waals surface area (Å²) in [6.07, 6.45) is 0. The molecule has 3 heterocycles. The van der Waals surface area contributed by atoms with Crippen LogP contribution in [0.25, 0.3) is 216 Å². The zero-order valence-corrected chi connectivity index (χ0v) is 67.9. The molecule has 0 N–H and O–H groups in total. The Morgan fingerprint density at radius 3 is 0.619 bits per heavy atom. The second kappa shape index (κ2) is 36.0. The van der Waals surface area contributed by atoms with Crippen LogP contribution in [-0.2, 0) is 0 Å². The molecule has 0 fully saturated rings. The van der Waals surface area contributed by atoms with Gasteiger partial charge in [-0.2, -0.15) is 0 Å². The molecular formula is C114H72N12. The van der Waals surface area contributed by atoms with Crippen molar-refractivity contribution in [1.82, 2.24) is 44.9 Å². The minimum absolute atomic E-state index is 0.635. The fourth-order valence-corrected chi connectivity index (χ4v) is 15.4. The van der Waals surface area contributed by atoms with Gasteiger partial charge in [0.15, 0.2) is 69.5 Å². The van der Waals surface area contributed by atoms with Crippen molar-refractivity contribution in [1.29, 1.82) is 0 Å². The van der Waals surface area contributed by atoms with Crippen LogP contribution in [0, 0.1) is 19.7 Å². The summed E-state index contributed by atoms with van der Waals surface area (Å²) in [5.74, 6) is 5.81. The molecule has 21 rings (SSSR count). The number of fused-ring (bicyclic) bond motifs is 3. The molecular weight excluding hydrogens is 1540 g/mol. The number of hydrogen-bond donors (Lipinski definition) is 0. The smallest absolute Gasteiger partial charge is 0.194 e. The first-order valence-electron chi connectivity index (χ1n) is 41.2. The Bertz CT molecular complexity index is 7500. The van der Waals surface area contributed by atoms with Crippen LogP contribution in [0.3, 0.4) is 0 Å². The molecule has 18 aromatic carbocycles. The SMILES string of the molecule is [C-]#[N+]c1ccc(-c2ccc3ccc(-c4ccc(-c5nc(-c6ccccc6)nc(-c6ccccc6)n5)cc4)cc3c2)cc1.[C-]#[N+]c1cccc(-c2ccc3ccc(-c4ccc(-c5nc(-c6ccccc6)nc(-c6ccccc6)n5)cc4)cc3c2)c1.[C-]#[N+]c1ccccc1-c1ccc2ccc(-c3ccc(-c4nc(-c5ccccc5)nc(-c5ccccc5)n4)cc3)cc2c1. The Hall–Kier alpha value is -17.8. The highest BCUT2D eigenvalue weighted by Crippen LogP contribution is 2.39. The molecule has 0 radical (unpaired) electrons. The van der Waals surface area contributed by atoms with E-state index in [0.717, 1.165) is 133 Å². The highest BCUT2D eigenvalue weighted by molar-refractivity contribution is 5.95. The molecule has 126 heavy (non-hydrogen) atoms. The van der Waals surface area contributed by atoms with E-state index in [1.807, 2.05) is 255 Å². The lowest BCUT2D eigenvalue weighted by Gasteiger charge is -2.10. The van der Waals surface area contributed by atoms with E-state index in [2.05, 4.69) is 197 Å². The van der Waals surface area contributed by atoms with E-state index in [4.69, 9.17) is 64.6 Å². The lowest BCUT2D eigenvalue weighted by Crippen LogP contribution is -2.00. The second-order valence-electron chi connectivity index (χ2n) is 30.1. The molecule has 0 bridgehead atoms. The maximum atomic E-state index is 7.55. The van der Waals surface area contributed by atoms with Crippen molar-refractivity contribution in [3.8, 4) is 169 Å². The quantitative estimate of drug-likeness (QED) is 0.0921. The Morgan fingerprint density at radius 1 is 0.135 bits per heavy atom. The van der Waals surface area contributed by atoms with Gasteiger partial charge in [-0.05, 0) is 142 Å². The number of rotatable bonds is 15. The summed E-state index contributed by atoms with van der Waals surface area (Å²) in [6.45, 7) is 22.1. The molecule has 3 aromatic heterocycles. The summed E-state index contributed by atoms with van der Waals surface area (Å²) in [5.41, 5.74) is 23.5. The molecule has 588 valence electrons. The molecule has 0 amide bonds. The fraction of sp³-hybridized carbons (Fsp3) is 0. The van der Waals surface area contributed by atoms with Crippen LogP contribution in [0.4, 0.5) is 17.1 Å². The zero-order valence-electron chi connectivity index (χ0n) is 67.9. The van der Waals surface area contributed by atoms with Gasteiger partial charge < -0.3 is 0 Å².